The lowest BCUT2D eigenvalue weighted by Crippen LogP contribution is -2.44. The van der Waals surface area contributed by atoms with Gasteiger partial charge in [-0.2, -0.15) is 0 Å². The van der Waals surface area contributed by atoms with E-state index in [1.807, 2.05) is 24.3 Å². The monoisotopic (exact) mass is 477 g/mol. The van der Waals surface area contributed by atoms with Crippen LogP contribution < -0.4 is 5.32 Å². The second kappa shape index (κ2) is 10.9. The molecular weight excluding hydrogens is 449 g/mol. The van der Waals surface area contributed by atoms with E-state index < -0.39 is 6.04 Å². The molecule has 0 bridgehead atoms. The topological polar surface area (TPSA) is 93.3 Å². The number of hydrogen-bond donors (Lipinski definition) is 1. The Kier molecular flexibility index (Phi) is 7.54. The van der Waals surface area contributed by atoms with Crippen LogP contribution in [0.3, 0.4) is 0 Å². The number of carbonyl (C=O) groups excluding carboxylic acids is 2. The van der Waals surface area contributed by atoms with Gasteiger partial charge in [0.1, 0.15) is 23.6 Å². The van der Waals surface area contributed by atoms with E-state index >= 15 is 0 Å². The number of nitrogens with zero attached hydrogens (tertiary/aromatic N) is 4. The highest BCUT2D eigenvalue weighted by Gasteiger charge is 2.34. The molecule has 0 radical (unpaired) electrons. The lowest BCUT2D eigenvalue weighted by molar-refractivity contribution is -0.143. The summed E-state index contributed by atoms with van der Waals surface area (Å²) in [5.74, 6) is -0.333. The zero-order chi connectivity index (χ0) is 24.8. The highest BCUT2D eigenvalue weighted by Crippen LogP contribution is 2.25. The van der Waals surface area contributed by atoms with Crippen molar-refractivity contribution in [1.29, 1.82) is 0 Å². The maximum absolute atomic E-state index is 13.7. The average Bonchev–Trinajstić information content (AvgIpc) is 3.50. The van der Waals surface area contributed by atoms with Crippen LogP contribution in [0.4, 0.5) is 4.39 Å². The van der Waals surface area contributed by atoms with Gasteiger partial charge >= 0.3 is 0 Å². The van der Waals surface area contributed by atoms with Gasteiger partial charge in [-0.05, 0) is 54.3 Å². The third kappa shape index (κ3) is 5.92. The first kappa shape index (κ1) is 24.1. The smallest absolute Gasteiger partial charge is 0.250 e. The van der Waals surface area contributed by atoms with Crippen LogP contribution in [0, 0.1) is 11.7 Å². The number of hydrogen-bond acceptors (Lipinski definition) is 5. The number of carbonyl (C=O) groups is 2. The van der Waals surface area contributed by atoms with Crippen LogP contribution in [-0.2, 0) is 22.7 Å². The zero-order valence-electron chi connectivity index (χ0n) is 19.7. The van der Waals surface area contributed by atoms with Crippen LogP contribution in [-0.4, -0.2) is 38.3 Å². The maximum atomic E-state index is 13.7. The van der Waals surface area contributed by atoms with Crippen molar-refractivity contribution in [3.63, 3.8) is 0 Å². The summed E-state index contributed by atoms with van der Waals surface area (Å²) in [7, 11) is 0. The molecule has 2 amide bonds. The molecule has 0 fully saturated rings. The van der Waals surface area contributed by atoms with Crippen LogP contribution in [0.25, 0.3) is 11.0 Å². The Hall–Kier alpha value is -4.01. The molecule has 0 saturated heterocycles. The van der Waals surface area contributed by atoms with Crippen molar-refractivity contribution in [3.8, 4) is 0 Å². The van der Waals surface area contributed by atoms with E-state index in [1.54, 1.807) is 24.3 Å². The molecular formula is C26H28FN5O3. The summed E-state index contributed by atoms with van der Waals surface area (Å²) in [5.41, 5.74) is 2.05. The van der Waals surface area contributed by atoms with Gasteiger partial charge in [-0.25, -0.2) is 9.07 Å². The number of para-hydroxylation sites is 1. The number of halogens is 1. The molecule has 0 unspecified atom stereocenters. The normalized spacial score (nSPS) is 12.1. The summed E-state index contributed by atoms with van der Waals surface area (Å²) < 4.78 is 20.6. The minimum atomic E-state index is -1.01. The number of furan rings is 1. The molecule has 1 atom stereocenters. The van der Waals surface area contributed by atoms with Crippen molar-refractivity contribution in [1.82, 2.24) is 25.2 Å². The number of rotatable bonds is 10. The molecule has 0 aliphatic carbocycles. The Balaban J connectivity index is 1.66. The molecule has 2 aromatic heterocycles. The Morgan fingerprint density at radius 3 is 2.57 bits per heavy atom. The van der Waals surface area contributed by atoms with Crippen molar-refractivity contribution >= 4 is 22.8 Å². The first-order valence-corrected chi connectivity index (χ1v) is 11.6. The van der Waals surface area contributed by atoms with E-state index in [0.29, 0.717) is 34.8 Å². The van der Waals surface area contributed by atoms with Crippen LogP contribution >= 0.6 is 0 Å². The first-order valence-electron chi connectivity index (χ1n) is 11.6. The fraction of sp³-hybridized carbons (Fsp3) is 0.308. The van der Waals surface area contributed by atoms with Gasteiger partial charge in [-0.1, -0.05) is 43.3 Å². The third-order valence-corrected chi connectivity index (χ3v) is 5.69. The predicted molar refractivity (Wildman–Crippen MR) is 128 cm³/mol. The second-order valence-corrected chi connectivity index (χ2v) is 8.78. The molecule has 35 heavy (non-hydrogen) atoms. The standard InChI is InChI=1S/C26H28FN5O3/c1-18(2)13-14-28-26(34)25(23-8-5-15-35-23)31(16-19-9-11-20(27)12-10-19)24(33)17-32-22-7-4-3-6-21(22)29-30-32/h3-12,15,18,25H,13-14,16-17H2,1-2H3,(H,28,34)/t25-/m1/s1. The van der Waals surface area contributed by atoms with E-state index in [2.05, 4.69) is 29.5 Å². The molecule has 4 rings (SSSR count). The Morgan fingerprint density at radius 2 is 1.86 bits per heavy atom. The second-order valence-electron chi connectivity index (χ2n) is 8.78. The largest absolute Gasteiger partial charge is 0.467 e. The Labute approximate surface area is 202 Å². The minimum Gasteiger partial charge on any atom is -0.467 e. The Morgan fingerprint density at radius 1 is 1.09 bits per heavy atom. The van der Waals surface area contributed by atoms with Crippen molar-refractivity contribution in [2.24, 2.45) is 5.92 Å². The molecule has 1 N–H and O–H groups in total. The van der Waals surface area contributed by atoms with Gasteiger partial charge in [0, 0.05) is 13.1 Å². The SMILES string of the molecule is CC(C)CCNC(=O)[C@@H](c1ccco1)N(Cc1ccc(F)cc1)C(=O)Cn1nnc2ccccc21. The lowest BCUT2D eigenvalue weighted by atomic mass is 10.1. The van der Waals surface area contributed by atoms with Crippen LogP contribution in [0.1, 0.15) is 37.6 Å². The van der Waals surface area contributed by atoms with E-state index in [0.717, 1.165) is 6.42 Å². The first-order chi connectivity index (χ1) is 16.9. The number of aromatic nitrogens is 3. The molecule has 182 valence electrons. The average molecular weight is 478 g/mol. The molecule has 0 saturated carbocycles. The number of benzene rings is 2. The molecule has 8 nitrogen and oxygen atoms in total. The molecule has 2 aromatic carbocycles. The molecule has 4 aromatic rings. The summed E-state index contributed by atoms with van der Waals surface area (Å²) in [4.78, 5) is 28.5. The quantitative estimate of drug-likeness (QED) is 0.371. The van der Waals surface area contributed by atoms with E-state index in [-0.39, 0.29) is 30.7 Å². The summed E-state index contributed by atoms with van der Waals surface area (Å²) in [6, 6.07) is 15.5. The van der Waals surface area contributed by atoms with E-state index in [1.165, 1.54) is 28.0 Å². The van der Waals surface area contributed by atoms with Gasteiger partial charge in [0.2, 0.25) is 5.91 Å². The summed E-state index contributed by atoms with van der Waals surface area (Å²) in [6.07, 6.45) is 2.27. The highest BCUT2D eigenvalue weighted by atomic mass is 19.1. The summed E-state index contributed by atoms with van der Waals surface area (Å²) >= 11 is 0. The molecule has 9 heteroatoms. The molecule has 0 aliphatic rings. The van der Waals surface area contributed by atoms with Crippen LogP contribution in [0.2, 0.25) is 0 Å². The molecule has 0 aliphatic heterocycles. The maximum Gasteiger partial charge on any atom is 0.250 e. The number of nitrogens with one attached hydrogen (secondary N) is 1. The Bertz CT molecular complexity index is 1270. The third-order valence-electron chi connectivity index (χ3n) is 5.69. The van der Waals surface area contributed by atoms with Crippen molar-refractivity contribution in [2.45, 2.75) is 39.4 Å². The summed E-state index contributed by atoms with van der Waals surface area (Å²) in [5, 5.41) is 11.2. The van der Waals surface area contributed by atoms with Crippen molar-refractivity contribution < 1.29 is 18.4 Å². The van der Waals surface area contributed by atoms with Gasteiger partial charge in [-0.15, -0.1) is 5.10 Å². The van der Waals surface area contributed by atoms with E-state index in [4.69, 9.17) is 4.42 Å². The predicted octanol–water partition coefficient (Wildman–Crippen LogP) is 4.10. The van der Waals surface area contributed by atoms with Gasteiger partial charge in [0.15, 0.2) is 6.04 Å². The van der Waals surface area contributed by atoms with Crippen molar-refractivity contribution in [2.75, 3.05) is 6.54 Å². The molecule has 0 spiro atoms. The molecule has 2 heterocycles. The van der Waals surface area contributed by atoms with Crippen LogP contribution in [0.5, 0.6) is 0 Å². The van der Waals surface area contributed by atoms with E-state index in [9.17, 15) is 14.0 Å². The number of amides is 2. The van der Waals surface area contributed by atoms with Gasteiger partial charge in [-0.3, -0.25) is 9.59 Å². The van der Waals surface area contributed by atoms with Gasteiger partial charge in [0.05, 0.1) is 11.8 Å². The number of fused-ring (bicyclic) bond motifs is 1. The highest BCUT2D eigenvalue weighted by molar-refractivity contribution is 5.88. The van der Waals surface area contributed by atoms with Crippen molar-refractivity contribution in [3.05, 3.63) is 84.1 Å². The minimum absolute atomic E-state index is 0.0781. The van der Waals surface area contributed by atoms with Gasteiger partial charge < -0.3 is 14.6 Å². The lowest BCUT2D eigenvalue weighted by Gasteiger charge is -2.30. The fourth-order valence-corrected chi connectivity index (χ4v) is 3.81. The van der Waals surface area contributed by atoms with Gasteiger partial charge in [0.25, 0.3) is 5.91 Å². The van der Waals surface area contributed by atoms with Crippen LogP contribution in [0.15, 0.2) is 71.3 Å². The summed E-state index contributed by atoms with van der Waals surface area (Å²) in [6.45, 7) is 4.57. The fourth-order valence-electron chi connectivity index (χ4n) is 3.81. The zero-order valence-corrected chi connectivity index (χ0v) is 19.7.